The second-order valence-electron chi connectivity index (χ2n) is 22.3. The van der Waals surface area contributed by atoms with Gasteiger partial charge in [-0.1, -0.05) is 0 Å². The molecule has 30 fully saturated rings. The van der Waals surface area contributed by atoms with Gasteiger partial charge in [-0.05, 0) is 55.4 Å². The van der Waals surface area contributed by atoms with Crippen molar-refractivity contribution in [3.8, 4) is 0 Å². The van der Waals surface area contributed by atoms with Gasteiger partial charge in [0.2, 0.25) is 0 Å². The van der Waals surface area contributed by atoms with Gasteiger partial charge in [-0.15, -0.1) is 0 Å². The summed E-state index contributed by atoms with van der Waals surface area (Å²) in [4.78, 5) is 0. The number of aliphatic hydroxyl groups excluding tert-OH is 16. The van der Waals surface area contributed by atoms with Gasteiger partial charge in [0.25, 0.3) is 0 Å². The van der Waals surface area contributed by atoms with E-state index >= 15 is 0 Å². The molecule has 0 radical (unpaired) electrons. The van der Waals surface area contributed by atoms with Crippen LogP contribution in [0.4, 0.5) is 0 Å². The minimum absolute atomic E-state index is 1.17. The molecule has 32 nitrogen and oxygen atoms in total. The third-order valence-corrected chi connectivity index (χ3v) is 16.5. The Kier molecular flexibility index (Phi) is 19.9. The zero-order valence-electron chi connectivity index (χ0n) is 44.8. The molecule has 30 aliphatic rings. The van der Waals surface area contributed by atoms with Crippen LogP contribution < -0.4 is 0 Å². The molecule has 0 aliphatic carbocycles. The highest BCUT2D eigenvalue weighted by Gasteiger charge is 2.58. The van der Waals surface area contributed by atoms with Crippen LogP contribution in [0.1, 0.15) is 55.4 Å². The van der Waals surface area contributed by atoms with Gasteiger partial charge in [0.1, 0.15) is 146 Å². The van der Waals surface area contributed by atoms with E-state index < -0.39 is 246 Å². The first kappa shape index (κ1) is 63.2. The first-order chi connectivity index (χ1) is 37.6. The van der Waals surface area contributed by atoms with Crippen molar-refractivity contribution in [2.24, 2.45) is 0 Å². The van der Waals surface area contributed by atoms with Gasteiger partial charge in [0.15, 0.2) is 50.3 Å². The van der Waals surface area contributed by atoms with E-state index in [2.05, 4.69) is 0 Å². The molecule has 80 heavy (non-hydrogen) atoms. The molecule has 0 amide bonds. The predicted molar refractivity (Wildman–Crippen MR) is 250 cm³/mol. The minimum Gasteiger partial charge on any atom is -0.387 e. The quantitative estimate of drug-likeness (QED) is 0.107. The van der Waals surface area contributed by atoms with E-state index in [9.17, 15) is 81.7 Å². The Bertz CT molecular complexity index is 1600. The number of hydrogen-bond acceptors (Lipinski definition) is 32. The molecule has 30 saturated heterocycles. The van der Waals surface area contributed by atoms with Crippen molar-refractivity contribution < 1.29 is 157 Å². The highest BCUT2D eigenvalue weighted by molar-refractivity contribution is 5.00. The third kappa shape index (κ3) is 12.1. The first-order valence-corrected chi connectivity index (χ1v) is 27.0. The Morgan fingerprint density at radius 1 is 0.138 bits per heavy atom. The molecule has 32 heteroatoms. The van der Waals surface area contributed by atoms with Crippen LogP contribution in [0.15, 0.2) is 0 Å². The van der Waals surface area contributed by atoms with E-state index in [0.717, 1.165) is 0 Å². The van der Waals surface area contributed by atoms with Crippen LogP contribution in [0.25, 0.3) is 0 Å². The second-order valence-corrected chi connectivity index (χ2v) is 22.3. The molecule has 0 aromatic rings. The van der Waals surface area contributed by atoms with E-state index in [1.165, 1.54) is 55.4 Å². The summed E-state index contributed by atoms with van der Waals surface area (Å²) in [7, 11) is 0. The molecule has 40 atom stereocenters. The summed E-state index contributed by atoms with van der Waals surface area (Å²) < 4.78 is 94.1. The number of ether oxygens (including phenoxy) is 16. The van der Waals surface area contributed by atoms with Gasteiger partial charge in [0.05, 0.1) is 48.8 Å². The zero-order chi connectivity index (χ0) is 58.4. The van der Waals surface area contributed by atoms with Crippen molar-refractivity contribution in [1.29, 1.82) is 0 Å². The van der Waals surface area contributed by atoms with Crippen molar-refractivity contribution in [1.82, 2.24) is 0 Å². The lowest BCUT2D eigenvalue weighted by atomic mass is 9.95. The van der Waals surface area contributed by atoms with Crippen LogP contribution >= 0.6 is 0 Å². The van der Waals surface area contributed by atoms with Crippen molar-refractivity contribution in [2.75, 3.05) is 0 Å². The number of hydrogen-bond donors (Lipinski definition) is 16. The Morgan fingerprint density at radius 2 is 0.225 bits per heavy atom. The summed E-state index contributed by atoms with van der Waals surface area (Å²) in [5, 5.41) is 181. The molecule has 0 aromatic carbocycles. The lowest BCUT2D eigenvalue weighted by Crippen LogP contribution is -2.67. The molecule has 0 saturated carbocycles. The Hall–Kier alpha value is -1.28. The first-order valence-electron chi connectivity index (χ1n) is 27.0. The smallest absolute Gasteiger partial charge is 0.187 e. The monoisotopic (exact) mass is 1170 g/mol. The summed E-state index contributed by atoms with van der Waals surface area (Å²) in [6, 6.07) is 0. The lowest BCUT2D eigenvalue weighted by Gasteiger charge is -2.50. The van der Waals surface area contributed by atoms with Crippen molar-refractivity contribution in [3.05, 3.63) is 0 Å². The molecule has 16 unspecified atom stereocenters. The van der Waals surface area contributed by atoms with Gasteiger partial charge >= 0.3 is 0 Å². The fourth-order valence-corrected chi connectivity index (χ4v) is 11.7. The van der Waals surface area contributed by atoms with Gasteiger partial charge < -0.3 is 157 Å². The van der Waals surface area contributed by atoms with Crippen LogP contribution in [-0.2, 0) is 75.8 Å². The summed E-state index contributed by atoms with van der Waals surface area (Å²) in [6.07, 6.45) is -64.9. The highest BCUT2D eigenvalue weighted by atomic mass is 16.8. The van der Waals surface area contributed by atoms with E-state index in [-0.39, 0.29) is 0 Å². The van der Waals surface area contributed by atoms with Crippen LogP contribution in [0.2, 0.25) is 0 Å². The summed E-state index contributed by atoms with van der Waals surface area (Å²) in [5.74, 6) is 0. The van der Waals surface area contributed by atoms with E-state index in [4.69, 9.17) is 75.8 Å². The average Bonchev–Trinajstić information content (AvgIpc) is 3.41. The van der Waals surface area contributed by atoms with Crippen molar-refractivity contribution in [2.45, 2.75) is 301 Å². The van der Waals surface area contributed by atoms with Crippen LogP contribution in [0.5, 0.6) is 0 Å². The maximum atomic E-state index is 11.3. The van der Waals surface area contributed by atoms with Crippen LogP contribution in [0, 0.1) is 0 Å². The molecule has 30 rings (SSSR count). The zero-order valence-corrected chi connectivity index (χ0v) is 44.8. The number of aliphatic hydroxyl groups is 16. The van der Waals surface area contributed by atoms with E-state index in [0.29, 0.717) is 0 Å². The Balaban J connectivity index is 0.924. The van der Waals surface area contributed by atoms with Crippen LogP contribution in [-0.4, -0.2) is 327 Å². The van der Waals surface area contributed by atoms with Crippen LogP contribution in [0.3, 0.4) is 0 Å². The largest absolute Gasteiger partial charge is 0.387 e. The average molecular weight is 1170 g/mol. The maximum absolute atomic E-state index is 11.3. The van der Waals surface area contributed by atoms with Gasteiger partial charge in [0, 0.05) is 0 Å². The molecule has 30 heterocycles. The molecule has 16 bridgehead atoms. The molecule has 30 aliphatic heterocycles. The van der Waals surface area contributed by atoms with Crippen molar-refractivity contribution >= 4 is 0 Å². The van der Waals surface area contributed by atoms with Gasteiger partial charge in [-0.3, -0.25) is 0 Å². The van der Waals surface area contributed by atoms with Gasteiger partial charge in [-0.2, -0.15) is 0 Å². The Morgan fingerprint density at radius 3 is 0.312 bits per heavy atom. The molecule has 16 N–H and O–H groups in total. The summed E-state index contributed by atoms with van der Waals surface area (Å²) >= 11 is 0. The minimum atomic E-state index is -1.92. The molecule has 464 valence electrons. The normalized spacial score (nSPS) is 59.7. The second kappa shape index (κ2) is 25.2. The SMILES string of the molecule is CC1O[C@@H]2O[C@@H]3C(C)O[C@H](O[C@@H]4C(C)O[C@H](O[C@@H]5C(C)O[C@@H](O[C@@H]6C(C)O[C@@H](O[C@@H]7C(C)O[C@H](O[C@@H]8C(C)O[C@H](O[C@@H]9C(C)O[C@H](O[C@H]1[C@H](O)C2O)C(O)[C@H]9O)C(O)[C@H]8O)C(O)[C@H]7O)C(O)[C@H]6O)C(O)[C@H]5O)C(O)[C@H]4O)C(O)[C@H]3O. The number of rotatable bonds is 0. The topological polar surface area (TPSA) is 471 Å². The lowest BCUT2D eigenvalue weighted by molar-refractivity contribution is -0.397. The molecular weight excluding hydrogens is 1090 g/mol. The summed E-state index contributed by atoms with van der Waals surface area (Å²) in [6.45, 7) is 11.3. The fraction of sp³-hybridized carbons (Fsp3) is 1.00. The highest BCUT2D eigenvalue weighted by Crippen LogP contribution is 2.39. The molecule has 0 aromatic heterocycles. The van der Waals surface area contributed by atoms with E-state index in [1.807, 2.05) is 0 Å². The third-order valence-electron chi connectivity index (χ3n) is 16.5. The summed E-state index contributed by atoms with van der Waals surface area (Å²) in [5.41, 5.74) is 0. The van der Waals surface area contributed by atoms with E-state index in [1.54, 1.807) is 0 Å². The van der Waals surface area contributed by atoms with Crippen molar-refractivity contribution in [3.63, 3.8) is 0 Å². The molecule has 0 spiro atoms. The van der Waals surface area contributed by atoms with Gasteiger partial charge in [-0.25, -0.2) is 0 Å². The maximum Gasteiger partial charge on any atom is 0.187 e. The Labute approximate surface area is 457 Å². The molecular formula is C48H80O32. The predicted octanol–water partition coefficient (Wildman–Crippen LogP) is -9.19. The fourth-order valence-electron chi connectivity index (χ4n) is 11.7. The standard InChI is InChI=1S/C48H80O32/c1-9-33-17(49)25(57)41(65-9)74-34-10(2)67-43(27(59)19(34)51)76-36-12(4)69-45(29(61)21(36)53)78-38-14(6)71-47(31(63)23(38)55)80-40-16(8)72-48(32(64)24(40)56)79-39-15(7)70-46(30(62)22(39)54)77-37-13(5)68-44(28(60)20(37)52)75-35-11(3)66-42(73-33)26(58)18(35)50/h9-64H,1-8H3/t9?,10?,11?,12?,13?,14?,15?,16?,17-,18-,19-,20-,21-,22-,23-,24-,25?,26?,27?,28?,29?,30?,31?,32?,33-,34-,35-,36-,37-,38-,39-,40-,41-,42-,43-,44-,45-,46-,47+,48+/m1/s1.